The maximum Gasteiger partial charge on any atom is 0.206 e. The fourth-order valence-corrected chi connectivity index (χ4v) is 5.02. The second kappa shape index (κ2) is 10.2. The monoisotopic (exact) mass is 467 g/mol. The van der Waals surface area contributed by atoms with Gasteiger partial charge in [0.2, 0.25) is 5.13 Å². The number of benzene rings is 1. The number of thiophene rings is 1. The molecule has 2 heterocycles. The van der Waals surface area contributed by atoms with E-state index in [-0.39, 0.29) is 5.78 Å². The SMILES string of the molecule is O=C(CCCSc1nnc(NCCc2cccs2)s1)c1ccc(Br)cc1. The van der Waals surface area contributed by atoms with Gasteiger partial charge in [0.05, 0.1) is 0 Å². The molecule has 0 saturated carbocycles. The summed E-state index contributed by atoms with van der Waals surface area (Å²) >= 11 is 8.38. The van der Waals surface area contributed by atoms with Crippen LogP contribution in [0.2, 0.25) is 0 Å². The summed E-state index contributed by atoms with van der Waals surface area (Å²) in [5.41, 5.74) is 0.770. The third-order valence-corrected chi connectivity index (χ3v) is 7.14. The van der Waals surface area contributed by atoms with Crippen molar-refractivity contribution in [3.63, 3.8) is 0 Å². The summed E-state index contributed by atoms with van der Waals surface area (Å²) < 4.78 is 1.93. The second-order valence-electron chi connectivity index (χ2n) is 5.51. The van der Waals surface area contributed by atoms with E-state index in [0.717, 1.165) is 44.6 Å². The molecule has 2 aromatic heterocycles. The Kier molecular flexibility index (Phi) is 7.67. The molecular formula is C18H18BrN3OS3. The van der Waals surface area contributed by atoms with Gasteiger partial charge >= 0.3 is 0 Å². The van der Waals surface area contributed by atoms with Crippen molar-refractivity contribution in [2.45, 2.75) is 23.6 Å². The molecule has 3 aromatic rings. The van der Waals surface area contributed by atoms with E-state index in [1.807, 2.05) is 24.3 Å². The minimum atomic E-state index is 0.186. The highest BCUT2D eigenvalue weighted by Crippen LogP contribution is 2.26. The van der Waals surface area contributed by atoms with Gasteiger partial charge in [-0.05, 0) is 36.4 Å². The Labute approximate surface area is 173 Å². The average molecular weight is 468 g/mol. The lowest BCUT2D eigenvalue weighted by molar-refractivity contribution is 0.0982. The number of nitrogens with zero attached hydrogens (tertiary/aromatic N) is 2. The van der Waals surface area contributed by atoms with Crippen LogP contribution in [-0.2, 0) is 6.42 Å². The lowest BCUT2D eigenvalue weighted by Gasteiger charge is -2.01. The van der Waals surface area contributed by atoms with Crippen LogP contribution in [0, 0.1) is 0 Å². The quantitative estimate of drug-likeness (QED) is 0.233. The summed E-state index contributed by atoms with van der Waals surface area (Å²) in [5, 5.41) is 14.6. The molecule has 136 valence electrons. The van der Waals surface area contributed by atoms with Gasteiger partial charge < -0.3 is 5.32 Å². The molecule has 0 fully saturated rings. The fraction of sp³-hybridized carbons (Fsp3) is 0.278. The van der Waals surface area contributed by atoms with Gasteiger partial charge in [0.15, 0.2) is 10.1 Å². The van der Waals surface area contributed by atoms with Crippen LogP contribution in [0.4, 0.5) is 5.13 Å². The number of hydrogen-bond donors (Lipinski definition) is 1. The number of halogens is 1. The summed E-state index contributed by atoms with van der Waals surface area (Å²) in [4.78, 5) is 13.5. The van der Waals surface area contributed by atoms with Gasteiger partial charge in [-0.1, -0.05) is 57.2 Å². The molecule has 0 aliphatic heterocycles. The molecule has 3 rings (SSSR count). The number of rotatable bonds is 10. The number of carbonyl (C=O) groups excluding carboxylic acids is 1. The average Bonchev–Trinajstić information content (AvgIpc) is 3.31. The number of thioether (sulfide) groups is 1. The Morgan fingerprint density at radius 1 is 1.19 bits per heavy atom. The van der Waals surface area contributed by atoms with Crippen molar-refractivity contribution >= 4 is 61.3 Å². The molecule has 0 unspecified atom stereocenters. The van der Waals surface area contributed by atoms with Crippen LogP contribution in [-0.4, -0.2) is 28.3 Å². The van der Waals surface area contributed by atoms with Gasteiger partial charge in [-0.25, -0.2) is 0 Å². The van der Waals surface area contributed by atoms with Gasteiger partial charge in [-0.3, -0.25) is 4.79 Å². The molecule has 0 amide bonds. The van der Waals surface area contributed by atoms with Crippen molar-refractivity contribution < 1.29 is 4.79 Å². The van der Waals surface area contributed by atoms with E-state index < -0.39 is 0 Å². The number of carbonyl (C=O) groups is 1. The molecule has 8 heteroatoms. The summed E-state index contributed by atoms with van der Waals surface area (Å²) in [5.74, 6) is 1.05. The fourth-order valence-electron chi connectivity index (χ4n) is 2.26. The predicted octanol–water partition coefficient (Wildman–Crippen LogP) is 5.77. The third kappa shape index (κ3) is 6.19. The summed E-state index contributed by atoms with van der Waals surface area (Å²) in [6.45, 7) is 0.863. The number of ketones is 1. The van der Waals surface area contributed by atoms with E-state index in [0.29, 0.717) is 6.42 Å². The highest BCUT2D eigenvalue weighted by molar-refractivity contribution is 9.10. The number of anilines is 1. The van der Waals surface area contributed by atoms with Crippen LogP contribution < -0.4 is 5.32 Å². The Morgan fingerprint density at radius 3 is 2.81 bits per heavy atom. The lowest BCUT2D eigenvalue weighted by Crippen LogP contribution is -2.03. The van der Waals surface area contributed by atoms with Crippen LogP contribution in [0.5, 0.6) is 0 Å². The smallest absolute Gasteiger partial charge is 0.206 e. The Hall–Kier alpha value is -1.22. The summed E-state index contributed by atoms with van der Waals surface area (Å²) in [7, 11) is 0. The Balaban J connectivity index is 1.34. The molecule has 0 atom stereocenters. The number of Topliss-reactive ketones (excluding diaryl/α,β-unsaturated/α-hetero) is 1. The van der Waals surface area contributed by atoms with Crippen LogP contribution in [0.15, 0.2) is 50.6 Å². The predicted molar refractivity (Wildman–Crippen MR) is 115 cm³/mol. The zero-order chi connectivity index (χ0) is 18.2. The number of nitrogens with one attached hydrogen (secondary N) is 1. The Bertz CT molecular complexity index is 819. The molecular weight excluding hydrogens is 450 g/mol. The molecule has 1 aromatic carbocycles. The van der Waals surface area contributed by atoms with Gasteiger partial charge in [0.1, 0.15) is 0 Å². The molecule has 0 aliphatic rings. The molecule has 0 bridgehead atoms. The van der Waals surface area contributed by atoms with Crippen molar-refractivity contribution in [3.8, 4) is 0 Å². The summed E-state index contributed by atoms with van der Waals surface area (Å²) in [6, 6.07) is 11.7. The molecule has 26 heavy (non-hydrogen) atoms. The summed E-state index contributed by atoms with van der Waals surface area (Å²) in [6.07, 6.45) is 2.39. The normalized spacial score (nSPS) is 10.8. The van der Waals surface area contributed by atoms with E-state index in [1.54, 1.807) is 34.4 Å². The molecule has 1 N–H and O–H groups in total. The molecule has 0 aliphatic carbocycles. The number of aromatic nitrogens is 2. The highest BCUT2D eigenvalue weighted by Gasteiger charge is 2.08. The molecule has 0 radical (unpaired) electrons. The zero-order valence-electron chi connectivity index (χ0n) is 14.0. The maximum absolute atomic E-state index is 12.1. The largest absolute Gasteiger partial charge is 0.360 e. The van der Waals surface area contributed by atoms with Crippen LogP contribution in [0.25, 0.3) is 0 Å². The van der Waals surface area contributed by atoms with Gasteiger partial charge in [0.25, 0.3) is 0 Å². The topological polar surface area (TPSA) is 54.9 Å². The van der Waals surface area contributed by atoms with Crippen molar-refractivity contribution in [2.75, 3.05) is 17.6 Å². The van der Waals surface area contributed by atoms with E-state index in [9.17, 15) is 4.79 Å². The molecule has 0 saturated heterocycles. The van der Waals surface area contributed by atoms with Crippen molar-refractivity contribution in [1.82, 2.24) is 10.2 Å². The van der Waals surface area contributed by atoms with E-state index in [1.165, 1.54) is 4.88 Å². The van der Waals surface area contributed by atoms with E-state index >= 15 is 0 Å². The van der Waals surface area contributed by atoms with Crippen LogP contribution in [0.1, 0.15) is 28.1 Å². The first-order valence-corrected chi connectivity index (χ1v) is 11.7. The lowest BCUT2D eigenvalue weighted by atomic mass is 10.1. The van der Waals surface area contributed by atoms with E-state index in [2.05, 4.69) is 49.0 Å². The van der Waals surface area contributed by atoms with Gasteiger partial charge in [0, 0.05) is 33.6 Å². The minimum absolute atomic E-state index is 0.186. The first-order chi connectivity index (χ1) is 12.7. The highest BCUT2D eigenvalue weighted by atomic mass is 79.9. The first-order valence-electron chi connectivity index (χ1n) is 8.22. The van der Waals surface area contributed by atoms with Gasteiger partial charge in [-0.2, -0.15) is 0 Å². The Morgan fingerprint density at radius 2 is 2.04 bits per heavy atom. The van der Waals surface area contributed by atoms with E-state index in [4.69, 9.17) is 0 Å². The van der Waals surface area contributed by atoms with Crippen LogP contribution >= 0.6 is 50.4 Å². The second-order valence-corrected chi connectivity index (χ2v) is 9.78. The molecule has 4 nitrogen and oxygen atoms in total. The maximum atomic E-state index is 12.1. The van der Waals surface area contributed by atoms with Crippen molar-refractivity contribution in [1.29, 1.82) is 0 Å². The van der Waals surface area contributed by atoms with Crippen molar-refractivity contribution in [3.05, 3.63) is 56.7 Å². The standard InChI is InChI=1S/C18H18BrN3OS3/c19-14-7-5-13(6-8-14)16(23)4-2-12-25-18-22-21-17(26-18)20-10-9-15-3-1-11-24-15/h1,3,5-8,11H,2,4,9-10,12H2,(H,20,21). The number of hydrogen-bond acceptors (Lipinski definition) is 7. The van der Waals surface area contributed by atoms with Crippen molar-refractivity contribution in [2.24, 2.45) is 0 Å². The minimum Gasteiger partial charge on any atom is -0.360 e. The first kappa shape index (κ1) is 19.5. The molecule has 0 spiro atoms. The van der Waals surface area contributed by atoms with Crippen LogP contribution in [0.3, 0.4) is 0 Å². The van der Waals surface area contributed by atoms with Gasteiger partial charge in [-0.15, -0.1) is 21.5 Å². The third-order valence-electron chi connectivity index (χ3n) is 3.57. The zero-order valence-corrected chi connectivity index (χ0v) is 18.0.